The lowest BCUT2D eigenvalue weighted by Gasteiger charge is -2.38. The second kappa shape index (κ2) is 9.60. The molecule has 0 N–H and O–H groups in total. The predicted molar refractivity (Wildman–Crippen MR) is 135 cm³/mol. The first-order valence-corrected chi connectivity index (χ1v) is 12.3. The van der Waals surface area contributed by atoms with Gasteiger partial charge in [0, 0.05) is 16.7 Å². The van der Waals surface area contributed by atoms with E-state index in [1.54, 1.807) is 0 Å². The molecule has 3 heteroatoms. The van der Waals surface area contributed by atoms with Crippen LogP contribution in [0.15, 0.2) is 83.9 Å². The molecule has 0 amide bonds. The monoisotopic (exact) mass is 442 g/mol. The number of fused-ring (bicyclic) bond motifs is 1. The maximum Gasteiger partial charge on any atom is 0.0527 e. The Balaban J connectivity index is 1.28. The second-order valence-corrected chi connectivity index (χ2v) is 9.71. The second-order valence-electron chi connectivity index (χ2n) is 9.28. The standard InChI is InChI=1S/C29H31ClN2/c30-27-13-11-26(12-14-27)29(22-31-21-25-9-4-5-10-28(25)29)17-6-18-32-19-15-24(16-20-32)23-7-2-1-3-8-23/h1-5,7-14,21,24H,6,15-20,22H2. The largest absolute Gasteiger partial charge is 0.303 e. The number of piperidine rings is 1. The van der Waals surface area contributed by atoms with Gasteiger partial charge in [0.15, 0.2) is 0 Å². The highest BCUT2D eigenvalue weighted by molar-refractivity contribution is 6.30. The molecule has 0 spiro atoms. The fraction of sp³-hybridized carbons (Fsp3) is 0.345. The van der Waals surface area contributed by atoms with Crippen molar-refractivity contribution >= 4 is 17.8 Å². The summed E-state index contributed by atoms with van der Waals surface area (Å²) in [5, 5.41) is 0.790. The van der Waals surface area contributed by atoms with Gasteiger partial charge in [0.2, 0.25) is 0 Å². The molecular weight excluding hydrogens is 412 g/mol. The van der Waals surface area contributed by atoms with Crippen LogP contribution in [0.1, 0.15) is 53.9 Å². The van der Waals surface area contributed by atoms with Gasteiger partial charge in [-0.15, -0.1) is 0 Å². The van der Waals surface area contributed by atoms with Crippen molar-refractivity contribution < 1.29 is 0 Å². The van der Waals surface area contributed by atoms with Crippen LogP contribution in [0.5, 0.6) is 0 Å². The number of nitrogens with zero attached hydrogens (tertiary/aromatic N) is 2. The molecule has 2 aliphatic rings. The topological polar surface area (TPSA) is 15.6 Å². The smallest absolute Gasteiger partial charge is 0.0527 e. The van der Waals surface area contributed by atoms with Crippen LogP contribution in [0.3, 0.4) is 0 Å². The van der Waals surface area contributed by atoms with E-state index in [-0.39, 0.29) is 5.41 Å². The zero-order valence-corrected chi connectivity index (χ0v) is 19.3. The van der Waals surface area contributed by atoms with Crippen LogP contribution in [0.25, 0.3) is 0 Å². The molecule has 3 aromatic carbocycles. The Hall–Kier alpha value is -2.42. The van der Waals surface area contributed by atoms with Gasteiger partial charge in [0.25, 0.3) is 0 Å². The lowest BCUT2D eigenvalue weighted by atomic mass is 9.69. The summed E-state index contributed by atoms with van der Waals surface area (Å²) in [6.07, 6.45) is 6.83. The summed E-state index contributed by atoms with van der Waals surface area (Å²) < 4.78 is 0. The van der Waals surface area contributed by atoms with Crippen molar-refractivity contribution in [3.05, 3.63) is 106 Å². The summed E-state index contributed by atoms with van der Waals surface area (Å²) in [5.74, 6) is 0.715. The van der Waals surface area contributed by atoms with Crippen LogP contribution in [0, 0.1) is 0 Å². The maximum atomic E-state index is 6.22. The Kier molecular flexibility index (Phi) is 6.43. The van der Waals surface area contributed by atoms with Crippen molar-refractivity contribution in [3.8, 4) is 0 Å². The molecule has 3 aromatic rings. The molecule has 0 aliphatic carbocycles. The minimum atomic E-state index is -0.0711. The van der Waals surface area contributed by atoms with Crippen LogP contribution in [0.4, 0.5) is 0 Å². The number of likely N-dealkylation sites (tertiary alicyclic amines) is 1. The number of hydrogen-bond donors (Lipinski definition) is 0. The first kappa shape index (κ1) is 21.4. The molecule has 2 nitrogen and oxygen atoms in total. The molecule has 0 radical (unpaired) electrons. The molecule has 164 valence electrons. The normalized spacial score (nSPS) is 21.4. The minimum Gasteiger partial charge on any atom is -0.303 e. The first-order valence-electron chi connectivity index (χ1n) is 11.9. The number of halogens is 1. The van der Waals surface area contributed by atoms with Gasteiger partial charge in [-0.05, 0) is 85.6 Å². The molecule has 0 aromatic heterocycles. The van der Waals surface area contributed by atoms with Crippen molar-refractivity contribution in [1.29, 1.82) is 0 Å². The molecule has 1 fully saturated rings. The summed E-state index contributed by atoms with van der Waals surface area (Å²) in [7, 11) is 0. The summed E-state index contributed by atoms with van der Waals surface area (Å²) >= 11 is 6.22. The molecule has 1 saturated heterocycles. The Bertz CT molecular complexity index is 1050. The van der Waals surface area contributed by atoms with E-state index in [4.69, 9.17) is 16.6 Å². The lowest BCUT2D eigenvalue weighted by molar-refractivity contribution is 0.204. The quantitative estimate of drug-likeness (QED) is 0.413. The van der Waals surface area contributed by atoms with Crippen LogP contribution in [-0.2, 0) is 5.41 Å². The molecular formula is C29H31ClN2. The van der Waals surface area contributed by atoms with E-state index in [9.17, 15) is 0 Å². The summed E-state index contributed by atoms with van der Waals surface area (Å²) in [6.45, 7) is 4.36. The van der Waals surface area contributed by atoms with E-state index in [1.807, 2.05) is 18.3 Å². The van der Waals surface area contributed by atoms with E-state index in [1.165, 1.54) is 54.6 Å². The average Bonchev–Trinajstić information content (AvgIpc) is 2.85. The van der Waals surface area contributed by atoms with Gasteiger partial charge < -0.3 is 4.90 Å². The van der Waals surface area contributed by atoms with Crippen LogP contribution < -0.4 is 0 Å². The molecule has 1 unspecified atom stereocenters. The Morgan fingerprint density at radius 3 is 2.38 bits per heavy atom. The van der Waals surface area contributed by atoms with Crippen LogP contribution in [0.2, 0.25) is 5.02 Å². The molecule has 1 atom stereocenters. The maximum absolute atomic E-state index is 6.22. The average molecular weight is 443 g/mol. The number of aliphatic imine (C=N–C) groups is 1. The molecule has 32 heavy (non-hydrogen) atoms. The summed E-state index contributed by atoms with van der Waals surface area (Å²) in [5.41, 5.74) is 5.41. The van der Waals surface area contributed by atoms with E-state index in [2.05, 4.69) is 71.6 Å². The highest BCUT2D eigenvalue weighted by atomic mass is 35.5. The fourth-order valence-corrected chi connectivity index (χ4v) is 5.75. The van der Waals surface area contributed by atoms with Gasteiger partial charge in [0.1, 0.15) is 0 Å². The van der Waals surface area contributed by atoms with Gasteiger partial charge in [-0.3, -0.25) is 4.99 Å². The van der Waals surface area contributed by atoms with Crippen molar-refractivity contribution in [1.82, 2.24) is 4.90 Å². The van der Waals surface area contributed by atoms with Crippen molar-refractivity contribution in [2.75, 3.05) is 26.2 Å². The third-order valence-corrected chi connectivity index (χ3v) is 7.65. The highest BCUT2D eigenvalue weighted by Crippen LogP contribution is 2.41. The van der Waals surface area contributed by atoms with Crippen LogP contribution in [-0.4, -0.2) is 37.3 Å². The van der Waals surface area contributed by atoms with Gasteiger partial charge in [-0.1, -0.05) is 78.3 Å². The van der Waals surface area contributed by atoms with Crippen molar-refractivity contribution in [2.45, 2.75) is 37.0 Å². The molecule has 0 saturated carbocycles. The molecule has 2 aliphatic heterocycles. The summed E-state index contributed by atoms with van der Waals surface area (Å²) in [6, 6.07) is 28.2. The van der Waals surface area contributed by atoms with Gasteiger partial charge >= 0.3 is 0 Å². The van der Waals surface area contributed by atoms with Gasteiger partial charge in [-0.2, -0.15) is 0 Å². The van der Waals surface area contributed by atoms with E-state index in [0.717, 1.165) is 24.5 Å². The first-order chi connectivity index (χ1) is 15.7. The molecule has 5 rings (SSSR count). The van der Waals surface area contributed by atoms with Crippen molar-refractivity contribution in [2.24, 2.45) is 4.99 Å². The Morgan fingerprint density at radius 2 is 1.59 bits per heavy atom. The lowest BCUT2D eigenvalue weighted by Crippen LogP contribution is -2.37. The number of benzene rings is 3. The van der Waals surface area contributed by atoms with E-state index < -0.39 is 0 Å². The third-order valence-electron chi connectivity index (χ3n) is 7.40. The van der Waals surface area contributed by atoms with Crippen LogP contribution >= 0.6 is 11.6 Å². The van der Waals surface area contributed by atoms with Gasteiger partial charge in [-0.25, -0.2) is 0 Å². The zero-order chi connectivity index (χ0) is 21.8. The third kappa shape index (κ3) is 4.40. The van der Waals surface area contributed by atoms with E-state index in [0.29, 0.717) is 5.92 Å². The molecule has 2 heterocycles. The zero-order valence-electron chi connectivity index (χ0n) is 18.6. The Labute approximate surface area is 197 Å². The predicted octanol–water partition coefficient (Wildman–Crippen LogP) is 6.72. The minimum absolute atomic E-state index is 0.0711. The molecule has 0 bridgehead atoms. The Morgan fingerprint density at radius 1 is 0.875 bits per heavy atom. The van der Waals surface area contributed by atoms with Gasteiger partial charge in [0.05, 0.1) is 6.54 Å². The number of rotatable bonds is 6. The number of hydrogen-bond acceptors (Lipinski definition) is 2. The fourth-order valence-electron chi connectivity index (χ4n) is 5.62. The SMILES string of the molecule is Clc1ccc(C2(CCCN3CCC(c4ccccc4)CC3)CN=Cc3ccccc32)cc1. The summed E-state index contributed by atoms with van der Waals surface area (Å²) in [4.78, 5) is 7.47. The van der Waals surface area contributed by atoms with E-state index >= 15 is 0 Å². The highest BCUT2D eigenvalue weighted by Gasteiger charge is 2.37. The van der Waals surface area contributed by atoms with Crippen molar-refractivity contribution in [3.63, 3.8) is 0 Å².